The maximum Gasteiger partial charge on any atom is 0.143 e. The average Bonchev–Trinajstić information content (AvgIpc) is 2.71. The van der Waals surface area contributed by atoms with E-state index in [1.54, 1.807) is 0 Å². The van der Waals surface area contributed by atoms with Gasteiger partial charge in [0.05, 0.1) is 5.60 Å². The van der Waals surface area contributed by atoms with E-state index in [9.17, 15) is 4.79 Å². The predicted molar refractivity (Wildman–Crippen MR) is 79.5 cm³/mol. The molecule has 0 radical (unpaired) electrons. The van der Waals surface area contributed by atoms with Crippen molar-refractivity contribution in [1.29, 1.82) is 0 Å². The number of rotatable bonds is 3. The molecule has 1 aliphatic heterocycles. The Morgan fingerprint density at radius 3 is 2.30 bits per heavy atom. The van der Waals surface area contributed by atoms with Crippen LogP contribution in [0.3, 0.4) is 0 Å². The highest BCUT2D eigenvalue weighted by molar-refractivity contribution is 5.87. The van der Waals surface area contributed by atoms with E-state index in [0.29, 0.717) is 12.3 Å². The third kappa shape index (κ3) is 2.55. The molecule has 0 aromatic carbocycles. The summed E-state index contributed by atoms with van der Waals surface area (Å²) in [7, 11) is 0. The monoisotopic (exact) mass is 279 g/mol. The smallest absolute Gasteiger partial charge is 0.143 e. The molecule has 1 spiro atoms. The number of carbonyl (C=O) groups excluding carboxylic acids is 1. The van der Waals surface area contributed by atoms with Crippen molar-refractivity contribution in [3.8, 4) is 0 Å². The molecule has 0 aromatic rings. The molecule has 2 N–H and O–H groups in total. The standard InChI is InChI=1S/C17H29NO2/c18-13-16(7-3-1-2-4-8-16)15(19)14-6-11-20-17(12-14)9-5-10-17/h14H,1-13,18H2. The minimum absolute atomic E-state index is 0.0685. The van der Waals surface area contributed by atoms with Crippen LogP contribution in [0.25, 0.3) is 0 Å². The molecule has 114 valence electrons. The molecular weight excluding hydrogens is 250 g/mol. The van der Waals surface area contributed by atoms with E-state index in [4.69, 9.17) is 10.5 Å². The molecule has 3 nitrogen and oxygen atoms in total. The summed E-state index contributed by atoms with van der Waals surface area (Å²) in [5.74, 6) is 0.696. The number of carbonyl (C=O) groups is 1. The Kier molecular flexibility index (Phi) is 4.19. The number of hydrogen-bond acceptors (Lipinski definition) is 3. The molecule has 1 heterocycles. The minimum atomic E-state index is -0.205. The van der Waals surface area contributed by atoms with Gasteiger partial charge in [0.15, 0.2) is 0 Å². The third-order valence-electron chi connectivity index (χ3n) is 6.10. The fraction of sp³-hybridized carbons (Fsp3) is 0.941. The van der Waals surface area contributed by atoms with Gasteiger partial charge in [-0.15, -0.1) is 0 Å². The molecule has 1 saturated heterocycles. The average molecular weight is 279 g/mol. The summed E-state index contributed by atoms with van der Waals surface area (Å²) < 4.78 is 5.98. The highest BCUT2D eigenvalue weighted by Crippen LogP contribution is 2.47. The van der Waals surface area contributed by atoms with Gasteiger partial charge in [-0.3, -0.25) is 4.79 Å². The van der Waals surface area contributed by atoms with Gasteiger partial charge in [-0.2, -0.15) is 0 Å². The van der Waals surface area contributed by atoms with Gasteiger partial charge in [0, 0.05) is 24.5 Å². The number of hydrogen-bond donors (Lipinski definition) is 1. The van der Waals surface area contributed by atoms with Crippen LogP contribution in [0, 0.1) is 11.3 Å². The van der Waals surface area contributed by atoms with Crippen molar-refractivity contribution < 1.29 is 9.53 Å². The molecular formula is C17H29NO2. The van der Waals surface area contributed by atoms with Crippen molar-refractivity contribution in [1.82, 2.24) is 0 Å². The number of nitrogens with two attached hydrogens (primary N) is 1. The third-order valence-corrected chi connectivity index (χ3v) is 6.10. The lowest BCUT2D eigenvalue weighted by Crippen LogP contribution is -2.50. The molecule has 0 aromatic heterocycles. The van der Waals surface area contributed by atoms with Gasteiger partial charge < -0.3 is 10.5 Å². The summed E-state index contributed by atoms with van der Waals surface area (Å²) in [4.78, 5) is 13.2. The zero-order valence-electron chi connectivity index (χ0n) is 12.7. The Hall–Kier alpha value is -0.410. The fourth-order valence-corrected chi connectivity index (χ4v) is 4.56. The van der Waals surface area contributed by atoms with Crippen molar-refractivity contribution >= 4 is 5.78 Å². The molecule has 3 fully saturated rings. The van der Waals surface area contributed by atoms with Gasteiger partial charge in [0.1, 0.15) is 5.78 Å². The van der Waals surface area contributed by atoms with Crippen LogP contribution in [0.1, 0.15) is 70.6 Å². The van der Waals surface area contributed by atoms with E-state index in [-0.39, 0.29) is 16.9 Å². The normalized spacial score (nSPS) is 32.4. The molecule has 0 bridgehead atoms. The maximum atomic E-state index is 13.2. The summed E-state index contributed by atoms with van der Waals surface area (Å²) in [6, 6.07) is 0. The second-order valence-electron chi connectivity index (χ2n) is 7.34. The summed E-state index contributed by atoms with van der Waals surface area (Å²) in [5.41, 5.74) is 5.94. The minimum Gasteiger partial charge on any atom is -0.375 e. The number of ketones is 1. The van der Waals surface area contributed by atoms with Crippen molar-refractivity contribution in [3.63, 3.8) is 0 Å². The lowest BCUT2D eigenvalue weighted by Gasteiger charge is -2.48. The molecule has 0 amide bonds. The predicted octanol–water partition coefficient (Wildman–Crippen LogP) is 3.20. The van der Waals surface area contributed by atoms with Gasteiger partial charge in [-0.05, 0) is 44.9 Å². The quantitative estimate of drug-likeness (QED) is 0.807. The van der Waals surface area contributed by atoms with E-state index < -0.39 is 0 Å². The van der Waals surface area contributed by atoms with E-state index in [0.717, 1.165) is 45.1 Å². The first-order valence-corrected chi connectivity index (χ1v) is 8.58. The van der Waals surface area contributed by atoms with Gasteiger partial charge in [-0.25, -0.2) is 0 Å². The van der Waals surface area contributed by atoms with E-state index >= 15 is 0 Å². The van der Waals surface area contributed by atoms with Crippen molar-refractivity contribution in [2.24, 2.45) is 17.1 Å². The maximum absolute atomic E-state index is 13.2. The van der Waals surface area contributed by atoms with Crippen LogP contribution < -0.4 is 5.73 Å². The van der Waals surface area contributed by atoms with Crippen LogP contribution in [0.4, 0.5) is 0 Å². The second-order valence-corrected chi connectivity index (χ2v) is 7.34. The zero-order valence-corrected chi connectivity index (χ0v) is 12.7. The molecule has 20 heavy (non-hydrogen) atoms. The number of ether oxygens (including phenoxy) is 1. The Labute approximate surface area is 122 Å². The SMILES string of the molecule is NCC1(C(=O)C2CCOC3(CCC3)C2)CCCCCC1. The molecule has 3 heteroatoms. The largest absolute Gasteiger partial charge is 0.375 e. The van der Waals surface area contributed by atoms with Gasteiger partial charge in [0.25, 0.3) is 0 Å². The van der Waals surface area contributed by atoms with Gasteiger partial charge in [-0.1, -0.05) is 25.7 Å². The topological polar surface area (TPSA) is 52.3 Å². The summed E-state index contributed by atoms with van der Waals surface area (Å²) in [6.07, 6.45) is 12.4. The van der Waals surface area contributed by atoms with Crippen molar-refractivity contribution in [2.75, 3.05) is 13.2 Å². The highest BCUT2D eigenvalue weighted by atomic mass is 16.5. The van der Waals surface area contributed by atoms with Crippen LogP contribution in [-0.4, -0.2) is 24.5 Å². The fourth-order valence-electron chi connectivity index (χ4n) is 4.56. The van der Waals surface area contributed by atoms with Crippen LogP contribution in [0.15, 0.2) is 0 Å². The second kappa shape index (κ2) is 5.76. The molecule has 2 aliphatic carbocycles. The highest BCUT2D eigenvalue weighted by Gasteiger charge is 2.48. The van der Waals surface area contributed by atoms with Crippen LogP contribution in [0.2, 0.25) is 0 Å². The Morgan fingerprint density at radius 2 is 1.75 bits per heavy atom. The molecule has 2 saturated carbocycles. The summed E-state index contributed by atoms with van der Waals surface area (Å²) in [6.45, 7) is 1.33. The first kappa shape index (κ1) is 14.5. The molecule has 1 unspecified atom stereocenters. The Balaban J connectivity index is 1.72. The van der Waals surface area contributed by atoms with Crippen LogP contribution in [-0.2, 0) is 9.53 Å². The number of Topliss-reactive ketones (excluding diaryl/α,β-unsaturated/α-hetero) is 1. The molecule has 1 atom stereocenters. The zero-order chi connectivity index (χ0) is 14.1. The first-order valence-electron chi connectivity index (χ1n) is 8.58. The Morgan fingerprint density at radius 1 is 1.05 bits per heavy atom. The summed E-state index contributed by atoms with van der Waals surface area (Å²) >= 11 is 0. The van der Waals surface area contributed by atoms with E-state index in [1.165, 1.54) is 32.1 Å². The van der Waals surface area contributed by atoms with Crippen molar-refractivity contribution in [3.05, 3.63) is 0 Å². The van der Waals surface area contributed by atoms with E-state index in [1.807, 2.05) is 0 Å². The summed E-state index contributed by atoms with van der Waals surface area (Å²) in [5, 5.41) is 0. The first-order chi connectivity index (χ1) is 9.70. The van der Waals surface area contributed by atoms with Crippen LogP contribution in [0.5, 0.6) is 0 Å². The molecule has 3 aliphatic rings. The molecule has 3 rings (SSSR count). The lowest BCUT2D eigenvalue weighted by molar-refractivity contribution is -0.161. The van der Waals surface area contributed by atoms with Gasteiger partial charge >= 0.3 is 0 Å². The van der Waals surface area contributed by atoms with E-state index in [2.05, 4.69) is 0 Å². The van der Waals surface area contributed by atoms with Crippen molar-refractivity contribution in [2.45, 2.75) is 76.2 Å². The lowest BCUT2D eigenvalue weighted by atomic mass is 9.65. The van der Waals surface area contributed by atoms with Gasteiger partial charge in [0.2, 0.25) is 0 Å². The van der Waals surface area contributed by atoms with Crippen LogP contribution >= 0.6 is 0 Å². The Bertz CT molecular complexity index is 354.